The first-order valence-corrected chi connectivity index (χ1v) is 6.18. The first-order chi connectivity index (χ1) is 8.43. The van der Waals surface area contributed by atoms with Crippen molar-refractivity contribution >= 4 is 5.97 Å². The lowest BCUT2D eigenvalue weighted by molar-refractivity contribution is -0.139. The number of aliphatic carboxylic acids is 1. The van der Waals surface area contributed by atoms with Crippen LogP contribution in [0.4, 0.5) is 0 Å². The highest BCUT2D eigenvalue weighted by atomic mass is 16.4. The molecule has 1 atom stereocenters. The molecule has 0 bridgehead atoms. The molecule has 18 heavy (non-hydrogen) atoms. The fourth-order valence-corrected chi connectivity index (χ4v) is 1.86. The van der Waals surface area contributed by atoms with E-state index in [1.807, 2.05) is 37.8 Å². The van der Waals surface area contributed by atoms with E-state index in [0.717, 1.165) is 17.5 Å². The highest BCUT2D eigenvalue weighted by Gasteiger charge is 2.17. The third-order valence-electron chi connectivity index (χ3n) is 3.16. The SMILES string of the molecule is CCC(C)N(CC(=O)O)Cc1cc(C)ccc1O. The second-order valence-electron chi connectivity index (χ2n) is 4.69. The number of phenols is 1. The molecule has 0 fully saturated rings. The van der Waals surface area contributed by atoms with Gasteiger partial charge in [-0.25, -0.2) is 0 Å². The quantitative estimate of drug-likeness (QED) is 0.815. The molecule has 1 aromatic rings. The number of carboxylic acids is 1. The molecule has 0 heterocycles. The number of aryl methyl sites for hydroxylation is 1. The number of aromatic hydroxyl groups is 1. The van der Waals surface area contributed by atoms with Gasteiger partial charge in [0.15, 0.2) is 0 Å². The number of rotatable bonds is 6. The Bertz CT molecular complexity index is 418. The average Bonchev–Trinajstić information content (AvgIpc) is 2.31. The Labute approximate surface area is 108 Å². The molecular formula is C14H21NO3. The molecule has 1 unspecified atom stereocenters. The standard InChI is InChI=1S/C14H21NO3/c1-4-11(3)15(9-14(17)18)8-12-7-10(2)5-6-13(12)16/h5-7,11,16H,4,8-9H2,1-3H3,(H,17,18). The van der Waals surface area contributed by atoms with Gasteiger partial charge in [-0.2, -0.15) is 0 Å². The van der Waals surface area contributed by atoms with E-state index in [0.29, 0.717) is 6.54 Å². The Morgan fingerprint density at radius 3 is 2.67 bits per heavy atom. The first-order valence-electron chi connectivity index (χ1n) is 6.18. The van der Waals surface area contributed by atoms with E-state index >= 15 is 0 Å². The van der Waals surface area contributed by atoms with E-state index in [1.54, 1.807) is 6.07 Å². The van der Waals surface area contributed by atoms with Crippen LogP contribution in [0.2, 0.25) is 0 Å². The summed E-state index contributed by atoms with van der Waals surface area (Å²) in [5.74, 6) is -0.623. The summed E-state index contributed by atoms with van der Waals surface area (Å²) in [5.41, 5.74) is 1.83. The summed E-state index contributed by atoms with van der Waals surface area (Å²) in [6.45, 7) is 6.41. The fourth-order valence-electron chi connectivity index (χ4n) is 1.86. The number of hydrogen-bond acceptors (Lipinski definition) is 3. The van der Waals surface area contributed by atoms with Crippen molar-refractivity contribution < 1.29 is 15.0 Å². The molecule has 1 rings (SSSR count). The third-order valence-corrected chi connectivity index (χ3v) is 3.16. The molecule has 1 aromatic carbocycles. The van der Waals surface area contributed by atoms with Crippen molar-refractivity contribution in [2.75, 3.05) is 6.54 Å². The minimum Gasteiger partial charge on any atom is -0.508 e. The zero-order chi connectivity index (χ0) is 13.7. The van der Waals surface area contributed by atoms with Crippen LogP contribution in [0.25, 0.3) is 0 Å². The smallest absolute Gasteiger partial charge is 0.317 e. The Balaban J connectivity index is 2.88. The monoisotopic (exact) mass is 251 g/mol. The molecule has 0 saturated carbocycles. The van der Waals surface area contributed by atoms with Crippen LogP contribution in [0, 0.1) is 6.92 Å². The number of carboxylic acid groups (broad SMARTS) is 1. The lowest BCUT2D eigenvalue weighted by Gasteiger charge is -2.27. The molecule has 0 aliphatic carbocycles. The van der Waals surface area contributed by atoms with Gasteiger partial charge < -0.3 is 10.2 Å². The highest BCUT2D eigenvalue weighted by molar-refractivity contribution is 5.69. The van der Waals surface area contributed by atoms with E-state index in [2.05, 4.69) is 0 Å². The van der Waals surface area contributed by atoms with Gasteiger partial charge in [0.25, 0.3) is 0 Å². The molecule has 0 saturated heterocycles. The minimum atomic E-state index is -0.845. The predicted molar refractivity (Wildman–Crippen MR) is 70.6 cm³/mol. The lowest BCUT2D eigenvalue weighted by atomic mass is 10.1. The van der Waals surface area contributed by atoms with E-state index in [9.17, 15) is 9.90 Å². The van der Waals surface area contributed by atoms with E-state index in [4.69, 9.17) is 5.11 Å². The van der Waals surface area contributed by atoms with Crippen LogP contribution < -0.4 is 0 Å². The van der Waals surface area contributed by atoms with Crippen LogP contribution in [-0.2, 0) is 11.3 Å². The summed E-state index contributed by atoms with van der Waals surface area (Å²) >= 11 is 0. The topological polar surface area (TPSA) is 60.8 Å². The van der Waals surface area contributed by atoms with E-state index in [-0.39, 0.29) is 18.3 Å². The number of benzene rings is 1. The second kappa shape index (κ2) is 6.40. The van der Waals surface area contributed by atoms with Crippen LogP contribution in [0.15, 0.2) is 18.2 Å². The number of carbonyl (C=O) groups is 1. The van der Waals surface area contributed by atoms with Gasteiger partial charge in [0, 0.05) is 18.2 Å². The molecular weight excluding hydrogens is 230 g/mol. The zero-order valence-electron chi connectivity index (χ0n) is 11.2. The molecule has 100 valence electrons. The molecule has 0 aliphatic heterocycles. The Kier molecular flexibility index (Phi) is 5.16. The molecule has 0 radical (unpaired) electrons. The minimum absolute atomic E-state index is 0.0115. The van der Waals surface area contributed by atoms with Gasteiger partial charge in [-0.1, -0.05) is 24.6 Å². The van der Waals surface area contributed by atoms with Gasteiger partial charge >= 0.3 is 5.97 Å². The molecule has 0 aliphatic rings. The molecule has 4 heteroatoms. The Morgan fingerprint density at radius 2 is 2.11 bits per heavy atom. The van der Waals surface area contributed by atoms with Crippen molar-refractivity contribution in [1.82, 2.24) is 4.90 Å². The van der Waals surface area contributed by atoms with Crippen LogP contribution >= 0.6 is 0 Å². The molecule has 0 spiro atoms. The van der Waals surface area contributed by atoms with Crippen molar-refractivity contribution in [2.24, 2.45) is 0 Å². The predicted octanol–water partition coefficient (Wildman–Crippen LogP) is 2.39. The number of hydrogen-bond donors (Lipinski definition) is 2. The Morgan fingerprint density at radius 1 is 1.44 bits per heavy atom. The average molecular weight is 251 g/mol. The first kappa shape index (κ1) is 14.5. The maximum absolute atomic E-state index is 10.9. The van der Waals surface area contributed by atoms with Gasteiger partial charge in [-0.3, -0.25) is 9.69 Å². The molecule has 0 aromatic heterocycles. The highest BCUT2D eigenvalue weighted by Crippen LogP contribution is 2.21. The van der Waals surface area contributed by atoms with Crippen LogP contribution in [0.1, 0.15) is 31.4 Å². The summed E-state index contributed by atoms with van der Waals surface area (Å²) in [7, 11) is 0. The maximum atomic E-state index is 10.9. The zero-order valence-corrected chi connectivity index (χ0v) is 11.2. The normalized spacial score (nSPS) is 12.7. The maximum Gasteiger partial charge on any atom is 0.317 e. The van der Waals surface area contributed by atoms with Crippen LogP contribution in [0.5, 0.6) is 5.75 Å². The molecule has 0 amide bonds. The lowest BCUT2D eigenvalue weighted by Crippen LogP contribution is -2.36. The van der Waals surface area contributed by atoms with Crippen molar-refractivity contribution in [3.05, 3.63) is 29.3 Å². The van der Waals surface area contributed by atoms with Crippen molar-refractivity contribution in [3.8, 4) is 5.75 Å². The summed E-state index contributed by atoms with van der Waals surface area (Å²) in [5, 5.41) is 18.7. The third kappa shape index (κ3) is 4.04. The molecule has 2 N–H and O–H groups in total. The molecule has 4 nitrogen and oxygen atoms in total. The van der Waals surface area contributed by atoms with Gasteiger partial charge in [0.2, 0.25) is 0 Å². The Hall–Kier alpha value is -1.55. The second-order valence-corrected chi connectivity index (χ2v) is 4.69. The van der Waals surface area contributed by atoms with Gasteiger partial charge in [-0.15, -0.1) is 0 Å². The number of nitrogens with zero attached hydrogens (tertiary/aromatic N) is 1. The van der Waals surface area contributed by atoms with Crippen molar-refractivity contribution in [1.29, 1.82) is 0 Å². The fraction of sp³-hybridized carbons (Fsp3) is 0.500. The van der Waals surface area contributed by atoms with E-state index in [1.165, 1.54) is 0 Å². The summed E-state index contributed by atoms with van der Waals surface area (Å²) in [6.07, 6.45) is 0.875. The summed E-state index contributed by atoms with van der Waals surface area (Å²) < 4.78 is 0. The summed E-state index contributed by atoms with van der Waals surface area (Å²) in [6, 6.07) is 5.55. The largest absolute Gasteiger partial charge is 0.508 e. The number of phenolic OH excluding ortho intramolecular Hbond substituents is 1. The summed E-state index contributed by atoms with van der Waals surface area (Å²) in [4.78, 5) is 12.7. The van der Waals surface area contributed by atoms with E-state index < -0.39 is 5.97 Å². The van der Waals surface area contributed by atoms with Crippen LogP contribution in [0.3, 0.4) is 0 Å². The van der Waals surface area contributed by atoms with Gasteiger partial charge in [-0.05, 0) is 26.3 Å². The van der Waals surface area contributed by atoms with Gasteiger partial charge in [0.1, 0.15) is 5.75 Å². The van der Waals surface area contributed by atoms with Crippen molar-refractivity contribution in [2.45, 2.75) is 39.8 Å². The van der Waals surface area contributed by atoms with Gasteiger partial charge in [0.05, 0.1) is 6.54 Å². The van der Waals surface area contributed by atoms with Crippen LogP contribution in [-0.4, -0.2) is 33.7 Å². The van der Waals surface area contributed by atoms with Crippen molar-refractivity contribution in [3.63, 3.8) is 0 Å².